The van der Waals surface area contributed by atoms with E-state index in [4.69, 9.17) is 11.5 Å². The second kappa shape index (κ2) is 6.18. The van der Waals surface area contributed by atoms with Gasteiger partial charge in [0.05, 0.1) is 5.56 Å². The van der Waals surface area contributed by atoms with Crippen molar-refractivity contribution in [1.29, 1.82) is 0 Å². The Bertz CT molecular complexity index is 463. The van der Waals surface area contributed by atoms with E-state index in [1.54, 1.807) is 12.1 Å². The van der Waals surface area contributed by atoms with Gasteiger partial charge in [-0.05, 0) is 18.2 Å². The minimum absolute atomic E-state index is 0.117. The van der Waals surface area contributed by atoms with Crippen molar-refractivity contribution in [2.24, 2.45) is 0 Å². The van der Waals surface area contributed by atoms with Gasteiger partial charge < -0.3 is 15.7 Å². The van der Waals surface area contributed by atoms with Gasteiger partial charge in [-0.15, -0.1) is 12.3 Å². The molecule has 0 radical (unpaired) electrons. The van der Waals surface area contributed by atoms with Crippen LogP contribution in [0.3, 0.4) is 0 Å². The Labute approximate surface area is 98.8 Å². The number of carbonyl (C=O) groups excluding carboxylic acids is 1. The normalized spacial score (nSPS) is 9.12. The maximum absolute atomic E-state index is 11.3. The molecule has 0 aliphatic carbocycles. The fourth-order valence-electron chi connectivity index (χ4n) is 1.15. The summed E-state index contributed by atoms with van der Waals surface area (Å²) >= 11 is 0. The summed E-state index contributed by atoms with van der Waals surface area (Å²) in [6, 6.07) is 5.57. The summed E-state index contributed by atoms with van der Waals surface area (Å²) in [5.41, 5.74) is 0.537. The van der Waals surface area contributed by atoms with Gasteiger partial charge in [-0.1, -0.05) is 6.07 Å². The highest BCUT2D eigenvalue weighted by molar-refractivity contribution is 5.93. The fourth-order valence-corrected chi connectivity index (χ4v) is 1.15. The van der Waals surface area contributed by atoms with Crippen LogP contribution >= 0.6 is 0 Å². The van der Waals surface area contributed by atoms with E-state index < -0.39 is 12.0 Å². The van der Waals surface area contributed by atoms with Crippen molar-refractivity contribution >= 4 is 17.7 Å². The highest BCUT2D eigenvalue weighted by atomic mass is 16.4. The smallest absolute Gasteiger partial charge is 0.335 e. The van der Waals surface area contributed by atoms with Crippen molar-refractivity contribution in [3.63, 3.8) is 0 Å². The first-order valence-corrected chi connectivity index (χ1v) is 4.95. The molecule has 0 fully saturated rings. The van der Waals surface area contributed by atoms with Gasteiger partial charge in [0.1, 0.15) is 0 Å². The quantitative estimate of drug-likeness (QED) is 0.544. The van der Waals surface area contributed by atoms with Crippen LogP contribution in [0.2, 0.25) is 0 Å². The molecule has 0 aromatic heterocycles. The summed E-state index contributed by atoms with van der Waals surface area (Å²) in [5.74, 6) is 1.35. The van der Waals surface area contributed by atoms with Crippen molar-refractivity contribution in [3.8, 4) is 12.3 Å². The average Bonchev–Trinajstić information content (AvgIpc) is 2.29. The van der Waals surface area contributed by atoms with Gasteiger partial charge in [0.15, 0.2) is 0 Å². The van der Waals surface area contributed by atoms with Crippen LogP contribution in [-0.2, 0) is 0 Å². The highest BCUT2D eigenvalue weighted by Crippen LogP contribution is 2.10. The van der Waals surface area contributed by atoms with E-state index in [9.17, 15) is 9.59 Å². The molecule has 0 saturated carbocycles. The van der Waals surface area contributed by atoms with Crippen molar-refractivity contribution in [2.45, 2.75) is 6.42 Å². The molecule has 5 heteroatoms. The third-order valence-electron chi connectivity index (χ3n) is 1.92. The van der Waals surface area contributed by atoms with Crippen LogP contribution in [0.15, 0.2) is 24.3 Å². The molecule has 88 valence electrons. The number of anilines is 1. The van der Waals surface area contributed by atoms with E-state index >= 15 is 0 Å². The Morgan fingerprint density at radius 3 is 2.82 bits per heavy atom. The van der Waals surface area contributed by atoms with Crippen molar-refractivity contribution in [3.05, 3.63) is 29.8 Å². The Morgan fingerprint density at radius 2 is 2.18 bits per heavy atom. The lowest BCUT2D eigenvalue weighted by Gasteiger charge is -2.06. The zero-order valence-corrected chi connectivity index (χ0v) is 9.06. The molecule has 1 rings (SSSR count). The summed E-state index contributed by atoms with van der Waals surface area (Å²) in [5, 5.41) is 13.8. The molecule has 1 aromatic carbocycles. The molecule has 5 nitrogen and oxygen atoms in total. The number of benzene rings is 1. The van der Waals surface area contributed by atoms with Crippen LogP contribution in [0.4, 0.5) is 10.5 Å². The Hall–Kier alpha value is -2.48. The third-order valence-corrected chi connectivity index (χ3v) is 1.92. The average molecular weight is 232 g/mol. The predicted molar refractivity (Wildman–Crippen MR) is 63.9 cm³/mol. The molecule has 0 aliphatic rings. The number of terminal acetylenes is 1. The topological polar surface area (TPSA) is 78.4 Å². The second-order valence-electron chi connectivity index (χ2n) is 3.22. The Balaban J connectivity index is 2.57. The van der Waals surface area contributed by atoms with Crippen molar-refractivity contribution in [2.75, 3.05) is 11.9 Å². The zero-order chi connectivity index (χ0) is 12.7. The number of aromatic carboxylic acids is 1. The van der Waals surface area contributed by atoms with E-state index in [1.807, 2.05) is 0 Å². The lowest BCUT2D eigenvalue weighted by Crippen LogP contribution is -2.29. The lowest BCUT2D eigenvalue weighted by atomic mass is 10.2. The Kier molecular flexibility index (Phi) is 4.58. The summed E-state index contributed by atoms with van der Waals surface area (Å²) in [6.45, 7) is 0.376. The van der Waals surface area contributed by atoms with Gasteiger partial charge in [0, 0.05) is 18.7 Å². The molecule has 2 amide bonds. The van der Waals surface area contributed by atoms with E-state index in [-0.39, 0.29) is 5.56 Å². The largest absolute Gasteiger partial charge is 0.478 e. The zero-order valence-electron chi connectivity index (χ0n) is 9.06. The van der Waals surface area contributed by atoms with E-state index in [0.717, 1.165) is 0 Å². The number of carboxylic acids is 1. The molecule has 0 bridgehead atoms. The molecule has 0 spiro atoms. The number of nitrogens with one attached hydrogen (secondary N) is 2. The maximum Gasteiger partial charge on any atom is 0.335 e. The van der Waals surface area contributed by atoms with Crippen LogP contribution < -0.4 is 10.6 Å². The van der Waals surface area contributed by atoms with Gasteiger partial charge in [0.2, 0.25) is 0 Å². The number of carboxylic acid groups (broad SMARTS) is 1. The molecular weight excluding hydrogens is 220 g/mol. The number of urea groups is 1. The highest BCUT2D eigenvalue weighted by Gasteiger charge is 2.05. The molecule has 1 aromatic rings. The summed E-state index contributed by atoms with van der Waals surface area (Å²) in [4.78, 5) is 22.0. The number of hydrogen-bond donors (Lipinski definition) is 3. The van der Waals surface area contributed by atoms with Crippen LogP contribution in [0, 0.1) is 12.3 Å². The molecule has 0 saturated heterocycles. The number of hydrogen-bond acceptors (Lipinski definition) is 2. The molecule has 17 heavy (non-hydrogen) atoms. The van der Waals surface area contributed by atoms with Gasteiger partial charge in [0.25, 0.3) is 0 Å². The molecule has 0 aliphatic heterocycles. The van der Waals surface area contributed by atoms with Gasteiger partial charge in [-0.3, -0.25) is 0 Å². The molecule has 0 atom stereocenters. The summed E-state index contributed by atoms with van der Waals surface area (Å²) in [6.07, 6.45) is 5.48. The minimum Gasteiger partial charge on any atom is -0.478 e. The van der Waals surface area contributed by atoms with Crippen molar-refractivity contribution in [1.82, 2.24) is 5.32 Å². The van der Waals surface area contributed by atoms with Gasteiger partial charge in [-0.2, -0.15) is 0 Å². The van der Waals surface area contributed by atoms with E-state index in [2.05, 4.69) is 16.6 Å². The predicted octanol–water partition coefficient (Wildman–Crippen LogP) is 1.53. The summed E-state index contributed by atoms with van der Waals surface area (Å²) < 4.78 is 0. The maximum atomic E-state index is 11.3. The van der Waals surface area contributed by atoms with Crippen LogP contribution in [-0.4, -0.2) is 23.7 Å². The number of amides is 2. The standard InChI is InChI=1S/C12H12N2O3/c1-2-3-7-13-12(17)14-10-6-4-5-9(8-10)11(15)16/h1,4-6,8H,3,7H2,(H,15,16)(H2,13,14,17). The minimum atomic E-state index is -1.04. The first-order chi connectivity index (χ1) is 8.13. The SMILES string of the molecule is C#CCCNC(=O)Nc1cccc(C(=O)O)c1. The van der Waals surface area contributed by atoms with Crippen LogP contribution in [0.5, 0.6) is 0 Å². The Morgan fingerprint density at radius 1 is 1.41 bits per heavy atom. The molecular formula is C12H12N2O3. The van der Waals surface area contributed by atoms with Gasteiger partial charge >= 0.3 is 12.0 Å². The first-order valence-electron chi connectivity index (χ1n) is 4.95. The molecule has 0 heterocycles. The fraction of sp³-hybridized carbons (Fsp3) is 0.167. The first kappa shape index (κ1) is 12.6. The van der Waals surface area contributed by atoms with Crippen LogP contribution in [0.25, 0.3) is 0 Å². The van der Waals surface area contributed by atoms with E-state index in [1.165, 1.54) is 12.1 Å². The lowest BCUT2D eigenvalue weighted by molar-refractivity contribution is 0.0697. The van der Waals surface area contributed by atoms with Crippen molar-refractivity contribution < 1.29 is 14.7 Å². The number of carbonyl (C=O) groups is 2. The number of rotatable bonds is 4. The second-order valence-corrected chi connectivity index (χ2v) is 3.22. The van der Waals surface area contributed by atoms with Gasteiger partial charge in [-0.25, -0.2) is 9.59 Å². The monoisotopic (exact) mass is 232 g/mol. The molecule has 3 N–H and O–H groups in total. The molecule has 0 unspecified atom stereocenters. The summed E-state index contributed by atoms with van der Waals surface area (Å²) in [7, 11) is 0. The third kappa shape index (κ3) is 4.26. The van der Waals surface area contributed by atoms with Crippen LogP contribution in [0.1, 0.15) is 16.8 Å². The van der Waals surface area contributed by atoms with E-state index in [0.29, 0.717) is 18.7 Å².